The molecule has 0 radical (unpaired) electrons. The monoisotopic (exact) mass is 236 g/mol. The Morgan fingerprint density at radius 3 is 2.62 bits per heavy atom. The van der Waals surface area contributed by atoms with Crippen LogP contribution in [0, 0.1) is 0 Å². The molecule has 0 saturated heterocycles. The number of nitrogens with two attached hydrogens (primary N) is 1. The molecular weight excluding hydrogens is 224 g/mol. The van der Waals surface area contributed by atoms with E-state index < -0.39 is 0 Å². The van der Waals surface area contributed by atoms with Crippen LogP contribution in [0.25, 0.3) is 11.3 Å². The van der Waals surface area contributed by atoms with Gasteiger partial charge in [-0.3, -0.25) is 0 Å². The fourth-order valence-electron chi connectivity index (χ4n) is 1.72. The molecular formula is C12H13ClN2O. The lowest BCUT2D eigenvalue weighted by molar-refractivity contribution is 0.438. The van der Waals surface area contributed by atoms with Crippen LogP contribution in [-0.2, 0) is 0 Å². The Bertz CT molecular complexity index is 505. The molecule has 1 aromatic heterocycles. The van der Waals surface area contributed by atoms with E-state index in [1.807, 2.05) is 38.1 Å². The van der Waals surface area contributed by atoms with E-state index in [4.69, 9.17) is 21.9 Å². The lowest BCUT2D eigenvalue weighted by Gasteiger charge is -2.06. The summed E-state index contributed by atoms with van der Waals surface area (Å²) in [5, 5.41) is 4.63. The van der Waals surface area contributed by atoms with Gasteiger partial charge in [0.25, 0.3) is 0 Å². The molecule has 0 bridgehead atoms. The summed E-state index contributed by atoms with van der Waals surface area (Å²) in [5.74, 6) is 0.613. The summed E-state index contributed by atoms with van der Waals surface area (Å²) in [5.41, 5.74) is 8.26. The standard InChI is InChI=1S/C12H13ClN2O/c1-7(2)10-11(15-16-12(10)14)8-5-3-4-6-9(8)13/h3-7H,14H2,1-2H3. The predicted molar refractivity (Wildman–Crippen MR) is 65.5 cm³/mol. The van der Waals surface area contributed by atoms with Crippen LogP contribution in [0.1, 0.15) is 25.3 Å². The van der Waals surface area contributed by atoms with E-state index in [0.717, 1.165) is 16.8 Å². The fraction of sp³-hybridized carbons (Fsp3) is 0.250. The molecule has 0 aliphatic carbocycles. The van der Waals surface area contributed by atoms with Gasteiger partial charge in [0.15, 0.2) is 0 Å². The maximum Gasteiger partial charge on any atom is 0.226 e. The Balaban J connectivity index is 2.61. The van der Waals surface area contributed by atoms with E-state index in [-0.39, 0.29) is 5.92 Å². The van der Waals surface area contributed by atoms with Crippen molar-refractivity contribution in [2.24, 2.45) is 0 Å². The molecule has 0 amide bonds. The first-order valence-corrected chi connectivity index (χ1v) is 5.49. The first-order valence-electron chi connectivity index (χ1n) is 5.11. The van der Waals surface area contributed by atoms with Gasteiger partial charge < -0.3 is 10.3 Å². The van der Waals surface area contributed by atoms with Crippen LogP contribution in [0.2, 0.25) is 5.02 Å². The molecule has 0 aliphatic heterocycles. The van der Waals surface area contributed by atoms with E-state index >= 15 is 0 Å². The van der Waals surface area contributed by atoms with Crippen LogP contribution in [0.15, 0.2) is 28.8 Å². The van der Waals surface area contributed by atoms with Crippen molar-refractivity contribution in [3.8, 4) is 11.3 Å². The molecule has 2 aromatic rings. The summed E-state index contributed by atoms with van der Waals surface area (Å²) in [4.78, 5) is 0. The molecule has 2 N–H and O–H groups in total. The van der Waals surface area contributed by atoms with E-state index in [9.17, 15) is 0 Å². The highest BCUT2D eigenvalue weighted by Crippen LogP contribution is 2.35. The number of nitrogens with zero attached hydrogens (tertiary/aromatic N) is 1. The van der Waals surface area contributed by atoms with Crippen LogP contribution >= 0.6 is 11.6 Å². The third-order valence-electron chi connectivity index (χ3n) is 2.46. The summed E-state index contributed by atoms with van der Waals surface area (Å²) >= 11 is 6.12. The van der Waals surface area contributed by atoms with Gasteiger partial charge in [0.2, 0.25) is 5.88 Å². The Morgan fingerprint density at radius 1 is 1.31 bits per heavy atom. The molecule has 3 nitrogen and oxygen atoms in total. The molecule has 16 heavy (non-hydrogen) atoms. The number of hydrogen-bond acceptors (Lipinski definition) is 3. The highest BCUT2D eigenvalue weighted by molar-refractivity contribution is 6.33. The van der Waals surface area contributed by atoms with Crippen molar-refractivity contribution in [1.82, 2.24) is 5.16 Å². The minimum atomic E-state index is 0.248. The van der Waals surface area contributed by atoms with Gasteiger partial charge in [-0.1, -0.05) is 48.8 Å². The highest BCUT2D eigenvalue weighted by atomic mass is 35.5. The molecule has 0 spiro atoms. The largest absolute Gasteiger partial charge is 0.367 e. The first-order chi connectivity index (χ1) is 7.61. The summed E-state index contributed by atoms with van der Waals surface area (Å²) in [6, 6.07) is 7.53. The summed E-state index contributed by atoms with van der Waals surface area (Å²) in [7, 11) is 0. The lowest BCUT2D eigenvalue weighted by Crippen LogP contribution is -1.94. The van der Waals surface area contributed by atoms with Crippen molar-refractivity contribution in [3.63, 3.8) is 0 Å². The molecule has 1 aromatic carbocycles. The second kappa shape index (κ2) is 4.18. The number of aromatic nitrogens is 1. The maximum atomic E-state index is 6.12. The van der Waals surface area contributed by atoms with Gasteiger partial charge in [0, 0.05) is 11.1 Å². The van der Waals surface area contributed by atoms with Gasteiger partial charge in [-0.25, -0.2) is 0 Å². The quantitative estimate of drug-likeness (QED) is 0.865. The third-order valence-corrected chi connectivity index (χ3v) is 2.79. The van der Waals surface area contributed by atoms with Crippen LogP contribution in [0.5, 0.6) is 0 Å². The molecule has 0 atom stereocenters. The minimum absolute atomic E-state index is 0.248. The Hall–Kier alpha value is -1.48. The number of anilines is 1. The highest BCUT2D eigenvalue weighted by Gasteiger charge is 2.19. The average Bonchev–Trinajstić information content (AvgIpc) is 2.61. The van der Waals surface area contributed by atoms with Crippen LogP contribution in [-0.4, -0.2) is 5.16 Å². The Morgan fingerprint density at radius 2 is 2.00 bits per heavy atom. The van der Waals surface area contributed by atoms with Crippen LogP contribution in [0.4, 0.5) is 5.88 Å². The summed E-state index contributed by atoms with van der Waals surface area (Å²) in [6.07, 6.45) is 0. The van der Waals surface area contributed by atoms with Gasteiger partial charge in [-0.2, -0.15) is 0 Å². The number of benzene rings is 1. The molecule has 2 rings (SSSR count). The predicted octanol–water partition coefficient (Wildman–Crippen LogP) is 3.70. The molecule has 0 unspecified atom stereocenters. The lowest BCUT2D eigenvalue weighted by atomic mass is 9.99. The molecule has 0 aliphatic rings. The molecule has 1 heterocycles. The molecule has 0 saturated carbocycles. The minimum Gasteiger partial charge on any atom is -0.367 e. The van der Waals surface area contributed by atoms with Crippen molar-refractivity contribution in [1.29, 1.82) is 0 Å². The van der Waals surface area contributed by atoms with E-state index in [2.05, 4.69) is 5.16 Å². The van der Waals surface area contributed by atoms with Crippen molar-refractivity contribution in [2.75, 3.05) is 5.73 Å². The number of halogens is 1. The maximum absolute atomic E-state index is 6.12. The number of rotatable bonds is 2. The van der Waals surface area contributed by atoms with Crippen molar-refractivity contribution in [2.45, 2.75) is 19.8 Å². The van der Waals surface area contributed by atoms with Crippen LogP contribution in [0.3, 0.4) is 0 Å². The zero-order chi connectivity index (χ0) is 11.7. The summed E-state index contributed by atoms with van der Waals surface area (Å²) < 4.78 is 5.04. The Kier molecular flexibility index (Phi) is 2.88. The van der Waals surface area contributed by atoms with Gasteiger partial charge in [-0.15, -0.1) is 0 Å². The Labute approximate surface area is 99.2 Å². The normalized spacial score (nSPS) is 11.0. The second-order valence-corrected chi connectivity index (χ2v) is 4.35. The van der Waals surface area contributed by atoms with Crippen LogP contribution < -0.4 is 5.73 Å². The summed E-state index contributed by atoms with van der Waals surface area (Å²) in [6.45, 7) is 4.09. The molecule has 4 heteroatoms. The van der Waals surface area contributed by atoms with Crippen molar-refractivity contribution < 1.29 is 4.52 Å². The fourth-order valence-corrected chi connectivity index (χ4v) is 1.94. The van der Waals surface area contributed by atoms with E-state index in [1.54, 1.807) is 0 Å². The average molecular weight is 237 g/mol. The number of hydrogen-bond donors (Lipinski definition) is 1. The first kappa shape index (κ1) is 11.0. The van der Waals surface area contributed by atoms with Gasteiger partial charge in [0.05, 0.1) is 5.02 Å². The van der Waals surface area contributed by atoms with Gasteiger partial charge in [0.1, 0.15) is 5.69 Å². The third kappa shape index (κ3) is 1.78. The number of nitrogen functional groups attached to an aromatic ring is 1. The zero-order valence-electron chi connectivity index (χ0n) is 9.20. The molecule has 84 valence electrons. The second-order valence-electron chi connectivity index (χ2n) is 3.94. The smallest absolute Gasteiger partial charge is 0.226 e. The topological polar surface area (TPSA) is 52.0 Å². The zero-order valence-corrected chi connectivity index (χ0v) is 9.95. The van der Waals surface area contributed by atoms with Crippen molar-refractivity contribution in [3.05, 3.63) is 34.9 Å². The SMILES string of the molecule is CC(C)c1c(-c2ccccc2Cl)noc1N. The van der Waals surface area contributed by atoms with E-state index in [1.165, 1.54) is 0 Å². The molecule has 0 fully saturated rings. The van der Waals surface area contributed by atoms with Crippen molar-refractivity contribution >= 4 is 17.5 Å². The van der Waals surface area contributed by atoms with Gasteiger partial charge in [-0.05, 0) is 12.0 Å². The van der Waals surface area contributed by atoms with E-state index in [0.29, 0.717) is 10.9 Å². The van der Waals surface area contributed by atoms with Gasteiger partial charge >= 0.3 is 0 Å².